The van der Waals surface area contributed by atoms with Gasteiger partial charge in [-0.2, -0.15) is 0 Å². The Morgan fingerprint density at radius 3 is 2.48 bits per heavy atom. The van der Waals surface area contributed by atoms with Gasteiger partial charge in [0.2, 0.25) is 0 Å². The Bertz CT molecular complexity index is 877. The maximum atomic E-state index is 13.2. The number of carbonyl (C=O) groups is 2. The molecule has 1 heterocycles. The number of hydrogen-bond acceptors (Lipinski definition) is 4. The van der Waals surface area contributed by atoms with Gasteiger partial charge < -0.3 is 10.1 Å². The number of benzene rings is 1. The van der Waals surface area contributed by atoms with E-state index in [4.69, 9.17) is 4.74 Å². The highest BCUT2D eigenvalue weighted by molar-refractivity contribution is 6.11. The largest absolute Gasteiger partial charge is 0.381 e. The minimum absolute atomic E-state index is 0.155. The third-order valence-corrected chi connectivity index (χ3v) is 4.40. The summed E-state index contributed by atoms with van der Waals surface area (Å²) in [5, 5.41) is 2.71. The number of rotatable bonds is 11. The lowest BCUT2D eigenvalue weighted by atomic mass is 10.0. The van der Waals surface area contributed by atoms with E-state index in [0.29, 0.717) is 26.2 Å². The fourth-order valence-electron chi connectivity index (χ4n) is 2.79. The minimum Gasteiger partial charge on any atom is -0.381 e. The van der Waals surface area contributed by atoms with Gasteiger partial charge in [-0.05, 0) is 49.6 Å². The van der Waals surface area contributed by atoms with E-state index >= 15 is 0 Å². The van der Waals surface area contributed by atoms with E-state index in [1.54, 1.807) is 13.0 Å². The number of unbranched alkanes of at least 4 members (excludes halogenated alkanes) is 1. The van der Waals surface area contributed by atoms with Crippen LogP contribution in [-0.4, -0.2) is 36.0 Å². The molecule has 6 nitrogen and oxygen atoms in total. The molecule has 0 spiro atoms. The molecule has 0 bridgehead atoms. The molecule has 29 heavy (non-hydrogen) atoms. The van der Waals surface area contributed by atoms with Crippen molar-refractivity contribution >= 4 is 11.7 Å². The predicted molar refractivity (Wildman–Crippen MR) is 109 cm³/mol. The number of nitrogens with zero attached hydrogens (tertiary/aromatic N) is 1. The number of aryl methyl sites for hydroxylation is 1. The summed E-state index contributed by atoms with van der Waals surface area (Å²) in [5.74, 6) is -1.65. The monoisotopic (exact) mass is 402 g/mol. The Labute approximate surface area is 169 Å². The summed E-state index contributed by atoms with van der Waals surface area (Å²) in [6.45, 7) is 5.34. The molecule has 0 radical (unpaired) electrons. The molecule has 0 saturated heterocycles. The number of nitrogens with one attached hydrogen (secondary N) is 1. The van der Waals surface area contributed by atoms with E-state index in [2.05, 4.69) is 12.2 Å². The number of halogens is 1. The first-order valence-corrected chi connectivity index (χ1v) is 9.78. The lowest BCUT2D eigenvalue weighted by molar-refractivity contribution is -0.123. The molecule has 1 aromatic heterocycles. The zero-order valence-corrected chi connectivity index (χ0v) is 16.8. The van der Waals surface area contributed by atoms with Crippen LogP contribution in [-0.2, 0) is 9.53 Å². The maximum absolute atomic E-state index is 13.2. The van der Waals surface area contributed by atoms with E-state index in [9.17, 15) is 18.8 Å². The van der Waals surface area contributed by atoms with E-state index < -0.39 is 29.1 Å². The van der Waals surface area contributed by atoms with Crippen LogP contribution in [0.4, 0.5) is 4.39 Å². The van der Waals surface area contributed by atoms with Crippen LogP contribution in [0.2, 0.25) is 0 Å². The quantitative estimate of drug-likeness (QED) is 0.356. The molecule has 1 N–H and O–H groups in total. The molecule has 0 unspecified atom stereocenters. The van der Waals surface area contributed by atoms with Gasteiger partial charge in [-0.1, -0.05) is 19.4 Å². The van der Waals surface area contributed by atoms with Gasteiger partial charge in [-0.3, -0.25) is 19.0 Å². The fraction of sp³-hybridized carbons (Fsp3) is 0.409. The zero-order chi connectivity index (χ0) is 21.2. The molecule has 1 atom stereocenters. The van der Waals surface area contributed by atoms with E-state index in [-0.39, 0.29) is 5.56 Å². The van der Waals surface area contributed by atoms with Crippen molar-refractivity contribution in [3.05, 3.63) is 69.9 Å². The third kappa shape index (κ3) is 6.64. The Morgan fingerprint density at radius 1 is 1.10 bits per heavy atom. The number of aromatic nitrogens is 1. The van der Waals surface area contributed by atoms with Crippen molar-refractivity contribution in [1.29, 1.82) is 0 Å². The van der Waals surface area contributed by atoms with Crippen molar-refractivity contribution in [3.63, 3.8) is 0 Å². The van der Waals surface area contributed by atoms with E-state index in [1.165, 1.54) is 24.4 Å². The van der Waals surface area contributed by atoms with E-state index in [0.717, 1.165) is 35.1 Å². The molecular formula is C22H27FN2O4. The van der Waals surface area contributed by atoms with Gasteiger partial charge in [0.25, 0.3) is 11.5 Å². The Balaban J connectivity index is 2.15. The fourth-order valence-corrected chi connectivity index (χ4v) is 2.79. The number of ketones is 1. The summed E-state index contributed by atoms with van der Waals surface area (Å²) in [6.07, 6.45) is 4.10. The second kappa shape index (κ2) is 11.3. The standard InChI is InChI=1S/C22H27FN2O4/c1-3-4-13-29-14-5-12-24-22(28)20(25-15-16(2)6-11-19(25)26)21(27)17-7-9-18(23)10-8-17/h6-11,15,20H,3-5,12-14H2,1-2H3,(H,24,28)/t20-/m0/s1. The summed E-state index contributed by atoms with van der Waals surface area (Å²) in [6, 6.07) is 6.47. The first-order valence-electron chi connectivity index (χ1n) is 9.78. The SMILES string of the molecule is CCCCOCCCNC(=O)[C@H](C(=O)c1ccc(F)cc1)n1cc(C)ccc1=O. The van der Waals surface area contributed by atoms with Crippen LogP contribution in [0.15, 0.2) is 47.4 Å². The van der Waals surface area contributed by atoms with Crippen LogP contribution in [0.3, 0.4) is 0 Å². The molecule has 0 saturated carbocycles. The van der Waals surface area contributed by atoms with Crippen molar-refractivity contribution in [2.24, 2.45) is 0 Å². The van der Waals surface area contributed by atoms with Gasteiger partial charge in [0.1, 0.15) is 5.82 Å². The molecule has 1 amide bonds. The molecular weight excluding hydrogens is 375 g/mol. The topological polar surface area (TPSA) is 77.4 Å². The molecule has 0 aliphatic heterocycles. The van der Waals surface area contributed by atoms with Gasteiger partial charge in [0.05, 0.1) is 0 Å². The highest BCUT2D eigenvalue weighted by atomic mass is 19.1. The summed E-state index contributed by atoms with van der Waals surface area (Å²) < 4.78 is 19.8. The molecule has 7 heteroatoms. The lowest BCUT2D eigenvalue weighted by Crippen LogP contribution is -2.41. The first-order chi connectivity index (χ1) is 13.9. The van der Waals surface area contributed by atoms with Gasteiger partial charge in [0.15, 0.2) is 11.8 Å². The van der Waals surface area contributed by atoms with Crippen LogP contribution in [0.1, 0.15) is 48.1 Å². The summed E-state index contributed by atoms with van der Waals surface area (Å²) in [5.41, 5.74) is 0.426. The lowest BCUT2D eigenvalue weighted by Gasteiger charge is -2.19. The molecule has 2 aromatic rings. The number of hydrogen-bond donors (Lipinski definition) is 1. The van der Waals surface area contributed by atoms with Crippen LogP contribution in [0.5, 0.6) is 0 Å². The van der Waals surface area contributed by atoms with Crippen molar-refractivity contribution in [2.75, 3.05) is 19.8 Å². The normalized spacial score (nSPS) is 11.8. The second-order valence-corrected chi connectivity index (χ2v) is 6.84. The van der Waals surface area contributed by atoms with Gasteiger partial charge >= 0.3 is 0 Å². The number of ether oxygens (including phenoxy) is 1. The summed E-state index contributed by atoms with van der Waals surface area (Å²) in [7, 11) is 0. The van der Waals surface area contributed by atoms with Crippen molar-refractivity contribution < 1.29 is 18.7 Å². The molecule has 2 rings (SSSR count). The van der Waals surface area contributed by atoms with Crippen LogP contribution >= 0.6 is 0 Å². The third-order valence-electron chi connectivity index (χ3n) is 4.40. The second-order valence-electron chi connectivity index (χ2n) is 6.84. The molecule has 1 aromatic carbocycles. The average Bonchev–Trinajstić information content (AvgIpc) is 2.70. The molecule has 0 aliphatic rings. The smallest absolute Gasteiger partial charge is 0.251 e. The summed E-state index contributed by atoms with van der Waals surface area (Å²) in [4.78, 5) is 38.2. The van der Waals surface area contributed by atoms with Gasteiger partial charge in [0, 0.05) is 37.6 Å². The molecule has 156 valence electrons. The zero-order valence-electron chi connectivity index (χ0n) is 16.8. The molecule has 0 aliphatic carbocycles. The van der Waals surface area contributed by atoms with E-state index in [1.807, 2.05) is 0 Å². The van der Waals surface area contributed by atoms with Crippen molar-refractivity contribution in [1.82, 2.24) is 9.88 Å². The average molecular weight is 402 g/mol. The van der Waals surface area contributed by atoms with Crippen molar-refractivity contribution in [3.8, 4) is 0 Å². The maximum Gasteiger partial charge on any atom is 0.251 e. The Morgan fingerprint density at radius 2 is 1.79 bits per heavy atom. The predicted octanol–water partition coefficient (Wildman–Crippen LogP) is 3.04. The number of Topliss-reactive ketones (excluding diaryl/α,β-unsaturated/α-hetero) is 1. The Kier molecular flexibility index (Phi) is 8.73. The minimum atomic E-state index is -1.37. The highest BCUT2D eigenvalue weighted by Gasteiger charge is 2.30. The van der Waals surface area contributed by atoms with Crippen molar-refractivity contribution in [2.45, 2.75) is 39.2 Å². The van der Waals surface area contributed by atoms with Crippen LogP contribution in [0, 0.1) is 12.7 Å². The number of carbonyl (C=O) groups excluding carboxylic acids is 2. The summed E-state index contributed by atoms with van der Waals surface area (Å²) >= 11 is 0. The van der Waals surface area contributed by atoms with Crippen LogP contribution < -0.4 is 10.9 Å². The number of amides is 1. The Hall–Kier alpha value is -2.80. The highest BCUT2D eigenvalue weighted by Crippen LogP contribution is 2.15. The first kappa shape index (κ1) is 22.5. The van der Waals surface area contributed by atoms with Gasteiger partial charge in [-0.15, -0.1) is 0 Å². The molecule has 0 fully saturated rings. The number of pyridine rings is 1. The van der Waals surface area contributed by atoms with Gasteiger partial charge in [-0.25, -0.2) is 4.39 Å². The van der Waals surface area contributed by atoms with Crippen LogP contribution in [0.25, 0.3) is 0 Å².